The van der Waals surface area contributed by atoms with Gasteiger partial charge in [-0.15, -0.1) is 0 Å². The normalized spacial score (nSPS) is 33.3. The minimum Gasteiger partial charge on any atom is -0.467 e. The fraction of sp³-hybridized carbons (Fsp3) is 0.654. The average Bonchev–Trinajstić information content (AvgIpc) is 3.46. The zero-order valence-corrected chi connectivity index (χ0v) is 19.7. The summed E-state index contributed by atoms with van der Waals surface area (Å²) in [7, 11) is 0. The van der Waals surface area contributed by atoms with E-state index in [-0.39, 0.29) is 30.8 Å². The standard InChI is InChI=1S/C26H34N4O4/c31-23(9-8-21-25(32)30(26(33)27-21)16-20-6-4-12-34-20)29-11-3-5-17-13-18-14-19(24(17)29)15-28-10-2-1-7-22(18)28/h4,6,12-13,18-19,21-22,24H,1-3,5,7-11,14-16H2,(H,27,33). The lowest BCUT2D eigenvalue weighted by Crippen LogP contribution is -2.60. The topological polar surface area (TPSA) is 86.1 Å². The molecular weight excluding hydrogens is 432 g/mol. The van der Waals surface area contributed by atoms with Crippen LogP contribution in [0.15, 0.2) is 34.5 Å². The van der Waals surface area contributed by atoms with Crippen molar-refractivity contribution < 1.29 is 18.8 Å². The molecule has 0 radical (unpaired) electrons. The van der Waals surface area contributed by atoms with Crippen molar-refractivity contribution in [3.8, 4) is 0 Å². The van der Waals surface area contributed by atoms with E-state index in [2.05, 4.69) is 21.2 Å². The number of hydrogen-bond donors (Lipinski definition) is 1. The maximum atomic E-state index is 13.4. The molecule has 4 aliphatic heterocycles. The van der Waals surface area contributed by atoms with Gasteiger partial charge in [0.05, 0.1) is 18.8 Å². The van der Waals surface area contributed by atoms with Crippen LogP contribution in [0.4, 0.5) is 4.79 Å². The highest BCUT2D eigenvalue weighted by molar-refractivity contribution is 6.04. The van der Waals surface area contributed by atoms with Gasteiger partial charge in [0.15, 0.2) is 0 Å². The highest BCUT2D eigenvalue weighted by Crippen LogP contribution is 2.45. The summed E-state index contributed by atoms with van der Waals surface area (Å²) in [4.78, 5) is 44.5. The van der Waals surface area contributed by atoms with E-state index in [1.54, 1.807) is 12.1 Å². The van der Waals surface area contributed by atoms with Gasteiger partial charge in [0.25, 0.3) is 5.91 Å². The Morgan fingerprint density at radius 2 is 2.09 bits per heavy atom. The van der Waals surface area contributed by atoms with Crippen molar-refractivity contribution >= 4 is 17.8 Å². The number of fused-ring (bicyclic) bond motifs is 6. The molecule has 5 heterocycles. The number of rotatable bonds is 5. The summed E-state index contributed by atoms with van der Waals surface area (Å²) in [6, 6.07) is 3.32. The molecule has 0 saturated carbocycles. The highest BCUT2D eigenvalue weighted by Gasteiger charge is 2.47. The molecule has 5 atom stereocenters. The van der Waals surface area contributed by atoms with E-state index >= 15 is 0 Å². The van der Waals surface area contributed by atoms with Gasteiger partial charge in [-0.1, -0.05) is 18.1 Å². The molecule has 0 aromatic carbocycles. The van der Waals surface area contributed by atoms with E-state index in [0.717, 1.165) is 25.9 Å². The van der Waals surface area contributed by atoms with Gasteiger partial charge in [0, 0.05) is 25.6 Å². The SMILES string of the molecule is O=C1NC(CCC(=O)N2CCCC3=CC4CC(CN5CCCCC45)C32)C(=O)N1Cc1ccco1. The number of furan rings is 1. The zero-order chi connectivity index (χ0) is 23.2. The number of nitrogens with one attached hydrogen (secondary N) is 1. The molecule has 1 N–H and O–H groups in total. The van der Waals surface area contributed by atoms with Crippen LogP contribution >= 0.6 is 0 Å². The Kier molecular flexibility index (Phi) is 5.71. The number of hydrogen-bond acceptors (Lipinski definition) is 5. The third-order valence-corrected chi connectivity index (χ3v) is 8.63. The highest BCUT2D eigenvalue weighted by atomic mass is 16.3. The van der Waals surface area contributed by atoms with Crippen molar-refractivity contribution in [1.29, 1.82) is 0 Å². The third-order valence-electron chi connectivity index (χ3n) is 8.63. The molecule has 6 rings (SSSR count). The Balaban J connectivity index is 1.11. The van der Waals surface area contributed by atoms with Gasteiger partial charge in [0.2, 0.25) is 5.91 Å². The Morgan fingerprint density at radius 1 is 1.18 bits per heavy atom. The van der Waals surface area contributed by atoms with Crippen molar-refractivity contribution in [2.45, 2.75) is 76.0 Å². The van der Waals surface area contributed by atoms with E-state index in [1.807, 2.05) is 0 Å². The first-order valence-corrected chi connectivity index (χ1v) is 13.0. The molecule has 4 fully saturated rings. The predicted molar refractivity (Wildman–Crippen MR) is 124 cm³/mol. The van der Waals surface area contributed by atoms with Crippen LogP contribution in [0.2, 0.25) is 0 Å². The Hall–Kier alpha value is -2.61. The van der Waals surface area contributed by atoms with Crippen molar-refractivity contribution in [2.24, 2.45) is 11.8 Å². The first-order chi connectivity index (χ1) is 16.6. The smallest absolute Gasteiger partial charge is 0.325 e. The molecule has 1 aromatic heterocycles. The lowest BCUT2D eigenvalue weighted by molar-refractivity contribution is -0.136. The second-order valence-electron chi connectivity index (χ2n) is 10.6. The van der Waals surface area contributed by atoms with Crippen molar-refractivity contribution in [2.75, 3.05) is 19.6 Å². The van der Waals surface area contributed by atoms with Crippen molar-refractivity contribution in [3.05, 3.63) is 35.8 Å². The van der Waals surface area contributed by atoms with Crippen molar-refractivity contribution in [1.82, 2.24) is 20.0 Å². The van der Waals surface area contributed by atoms with E-state index in [4.69, 9.17) is 4.42 Å². The molecule has 34 heavy (non-hydrogen) atoms. The maximum absolute atomic E-state index is 13.4. The van der Waals surface area contributed by atoms with E-state index < -0.39 is 12.1 Å². The first-order valence-electron chi connectivity index (χ1n) is 13.0. The van der Waals surface area contributed by atoms with Crippen LogP contribution in [0.3, 0.4) is 0 Å². The Morgan fingerprint density at radius 3 is 2.94 bits per heavy atom. The largest absolute Gasteiger partial charge is 0.467 e. The average molecular weight is 467 g/mol. The number of urea groups is 1. The molecule has 182 valence electrons. The molecule has 2 bridgehead atoms. The van der Waals surface area contributed by atoms with Gasteiger partial charge in [-0.3, -0.25) is 19.4 Å². The molecule has 0 spiro atoms. The van der Waals surface area contributed by atoms with Gasteiger partial charge in [-0.25, -0.2) is 4.79 Å². The molecule has 8 heteroatoms. The van der Waals surface area contributed by atoms with Crippen LogP contribution < -0.4 is 5.32 Å². The molecule has 4 saturated heterocycles. The Labute approximate surface area is 200 Å². The zero-order valence-electron chi connectivity index (χ0n) is 19.7. The molecule has 8 nitrogen and oxygen atoms in total. The van der Waals surface area contributed by atoms with Crippen molar-refractivity contribution in [3.63, 3.8) is 0 Å². The van der Waals surface area contributed by atoms with Crippen LogP contribution in [0.25, 0.3) is 0 Å². The third kappa shape index (κ3) is 3.85. The van der Waals surface area contributed by atoms with Gasteiger partial charge in [-0.2, -0.15) is 0 Å². The number of amides is 4. The second-order valence-corrected chi connectivity index (χ2v) is 10.6. The van der Waals surface area contributed by atoms with E-state index in [1.165, 1.54) is 49.0 Å². The molecule has 5 aliphatic rings. The Bertz CT molecular complexity index is 989. The lowest BCUT2D eigenvalue weighted by atomic mass is 9.68. The summed E-state index contributed by atoms with van der Waals surface area (Å²) in [5.41, 5.74) is 1.47. The van der Waals surface area contributed by atoms with Crippen LogP contribution in [-0.4, -0.2) is 70.3 Å². The lowest BCUT2D eigenvalue weighted by Gasteiger charge is -2.54. The summed E-state index contributed by atoms with van der Waals surface area (Å²) in [6.07, 6.45) is 11.9. The van der Waals surface area contributed by atoms with Gasteiger partial charge in [-0.05, 0) is 69.0 Å². The van der Waals surface area contributed by atoms with Gasteiger partial charge >= 0.3 is 6.03 Å². The molecule has 4 amide bonds. The van der Waals surface area contributed by atoms with Gasteiger partial charge < -0.3 is 14.6 Å². The number of nitrogens with zero attached hydrogens (tertiary/aromatic N) is 3. The number of imide groups is 1. The van der Waals surface area contributed by atoms with Crippen LogP contribution in [-0.2, 0) is 16.1 Å². The van der Waals surface area contributed by atoms with E-state index in [9.17, 15) is 14.4 Å². The number of piperidine rings is 3. The molecule has 1 aromatic rings. The number of carbonyl (C=O) groups is 3. The van der Waals surface area contributed by atoms with Crippen LogP contribution in [0.5, 0.6) is 0 Å². The molecule has 1 aliphatic carbocycles. The minimum atomic E-state index is -0.647. The second kappa shape index (κ2) is 8.87. The first kappa shape index (κ1) is 21.9. The summed E-state index contributed by atoms with van der Waals surface area (Å²) in [6.45, 7) is 3.21. The fourth-order valence-corrected chi connectivity index (χ4v) is 7.15. The summed E-state index contributed by atoms with van der Waals surface area (Å²) in [5, 5.41) is 2.75. The predicted octanol–water partition coefficient (Wildman–Crippen LogP) is 2.90. The van der Waals surface area contributed by atoms with Gasteiger partial charge in [0.1, 0.15) is 11.8 Å². The van der Waals surface area contributed by atoms with E-state index in [0.29, 0.717) is 30.1 Å². The maximum Gasteiger partial charge on any atom is 0.325 e. The molecule has 5 unspecified atom stereocenters. The quantitative estimate of drug-likeness (QED) is 0.533. The number of carbonyl (C=O) groups excluding carboxylic acids is 3. The summed E-state index contributed by atoms with van der Waals surface area (Å²) < 4.78 is 5.28. The molecular formula is C26H34N4O4. The summed E-state index contributed by atoms with van der Waals surface area (Å²) in [5.74, 6) is 1.55. The minimum absolute atomic E-state index is 0.112. The monoisotopic (exact) mass is 466 g/mol. The van der Waals surface area contributed by atoms with Crippen LogP contribution in [0.1, 0.15) is 57.1 Å². The number of likely N-dealkylation sites (tertiary alicyclic amines) is 1. The summed E-state index contributed by atoms with van der Waals surface area (Å²) >= 11 is 0. The fourth-order valence-electron chi connectivity index (χ4n) is 7.15. The van der Waals surface area contributed by atoms with Crippen LogP contribution in [0, 0.1) is 11.8 Å².